The van der Waals surface area contributed by atoms with Crippen molar-refractivity contribution in [2.45, 2.75) is 19.4 Å². The van der Waals surface area contributed by atoms with Crippen molar-refractivity contribution >= 4 is 27.7 Å². The van der Waals surface area contributed by atoms with Crippen molar-refractivity contribution in [1.82, 2.24) is 9.88 Å². The van der Waals surface area contributed by atoms with Gasteiger partial charge in [0.05, 0.1) is 17.6 Å². The molecule has 0 unspecified atom stereocenters. The summed E-state index contributed by atoms with van der Waals surface area (Å²) < 4.78 is 15.6. The first-order valence-corrected chi connectivity index (χ1v) is 10.4. The number of nitrogens with zero attached hydrogens (tertiary/aromatic N) is 2. The number of rotatable bonds is 4. The van der Waals surface area contributed by atoms with Gasteiger partial charge < -0.3 is 20.7 Å². The number of H-pyrrole nitrogens is 1. The highest BCUT2D eigenvalue weighted by atomic mass is 19.1. The Labute approximate surface area is 183 Å². The Balaban J connectivity index is 1.84. The molecule has 0 fully saturated rings. The first kappa shape index (κ1) is 20.0. The molecule has 1 aliphatic rings. The molecule has 4 N–H and O–H groups in total. The lowest BCUT2D eigenvalue weighted by atomic mass is 9.88. The lowest BCUT2D eigenvalue weighted by Gasteiger charge is -2.26. The van der Waals surface area contributed by atoms with Gasteiger partial charge in [-0.15, -0.1) is 0 Å². The minimum atomic E-state index is -0.706. The molecule has 1 amide bonds. The van der Waals surface area contributed by atoms with Gasteiger partial charge in [0, 0.05) is 35.0 Å². The molecule has 4 aromatic rings. The summed E-state index contributed by atoms with van der Waals surface area (Å²) in [6.45, 7) is 1.08. The maximum Gasteiger partial charge on any atom is 0.250 e. The molecular formula is C25H21FN4O2. The van der Waals surface area contributed by atoms with E-state index in [1.165, 1.54) is 6.07 Å². The summed E-state index contributed by atoms with van der Waals surface area (Å²) >= 11 is 0. The Hall–Kier alpha value is -3.89. The largest absolute Gasteiger partial charge is 0.396 e. The third kappa shape index (κ3) is 3.08. The number of carbonyl (C=O) groups is 1. The molecule has 1 aliphatic heterocycles. The lowest BCUT2D eigenvalue weighted by Crippen LogP contribution is -2.26. The second-order valence-corrected chi connectivity index (χ2v) is 8.09. The molecule has 7 heteroatoms. The van der Waals surface area contributed by atoms with E-state index in [0.717, 1.165) is 33.2 Å². The number of fused-ring (bicyclic) bond motifs is 4. The maximum atomic E-state index is 15.6. The fourth-order valence-corrected chi connectivity index (χ4v) is 4.77. The van der Waals surface area contributed by atoms with E-state index in [0.29, 0.717) is 42.4 Å². The number of hydrogen-bond donors (Lipinski definition) is 3. The number of halogens is 1. The van der Waals surface area contributed by atoms with Gasteiger partial charge in [-0.3, -0.25) is 4.79 Å². The molecule has 5 rings (SSSR count). The van der Waals surface area contributed by atoms with Gasteiger partial charge in [-0.1, -0.05) is 30.3 Å². The zero-order chi connectivity index (χ0) is 22.4. The summed E-state index contributed by atoms with van der Waals surface area (Å²) in [4.78, 5) is 17.1. The quantitative estimate of drug-likeness (QED) is 0.432. The fraction of sp³-hybridized carbons (Fsp3) is 0.200. The van der Waals surface area contributed by atoms with Crippen molar-refractivity contribution in [3.8, 4) is 17.3 Å². The monoisotopic (exact) mass is 428 g/mol. The predicted molar refractivity (Wildman–Crippen MR) is 120 cm³/mol. The number of amides is 1. The molecule has 1 aromatic heterocycles. The van der Waals surface area contributed by atoms with Gasteiger partial charge in [-0.2, -0.15) is 5.26 Å². The van der Waals surface area contributed by atoms with Crippen molar-refractivity contribution in [2.75, 3.05) is 13.2 Å². The minimum absolute atomic E-state index is 0.0218. The normalized spacial score (nSPS) is 13.3. The first-order valence-electron chi connectivity index (χ1n) is 10.4. The third-order valence-corrected chi connectivity index (χ3v) is 6.23. The molecule has 0 aliphatic carbocycles. The molecule has 0 bridgehead atoms. The topological polar surface area (TPSA) is 106 Å². The van der Waals surface area contributed by atoms with Gasteiger partial charge >= 0.3 is 0 Å². The maximum absolute atomic E-state index is 15.6. The summed E-state index contributed by atoms with van der Waals surface area (Å²) in [5, 5.41) is 20.0. The number of aliphatic hydroxyl groups is 1. The van der Waals surface area contributed by atoms with E-state index in [9.17, 15) is 15.2 Å². The van der Waals surface area contributed by atoms with Gasteiger partial charge in [0.2, 0.25) is 0 Å². The number of nitriles is 1. The van der Waals surface area contributed by atoms with Crippen LogP contribution in [0.3, 0.4) is 0 Å². The van der Waals surface area contributed by atoms with Crippen molar-refractivity contribution < 1.29 is 14.3 Å². The summed E-state index contributed by atoms with van der Waals surface area (Å²) in [6.07, 6.45) is 3.31. The van der Waals surface area contributed by atoms with Crippen LogP contribution in [0.5, 0.6) is 0 Å². The fourth-order valence-electron chi connectivity index (χ4n) is 4.77. The van der Waals surface area contributed by atoms with Crippen LogP contribution in [0.15, 0.2) is 42.5 Å². The van der Waals surface area contributed by atoms with Crippen LogP contribution in [0.4, 0.5) is 4.39 Å². The molecular weight excluding hydrogens is 407 g/mol. The number of benzene rings is 3. The molecule has 160 valence electrons. The van der Waals surface area contributed by atoms with Gasteiger partial charge in [-0.05, 0) is 47.2 Å². The standard InChI is InChI=1S/C25H21FN4O2/c26-20-11-19(25(28)32)24-23(18-5-4-14(7-9-31)10-21(18)29-24)22(20)17-3-1-2-15-12-30(13-27)8-6-16(15)17/h1-5,10-11,29,31H,6-9,12H2,(H2,28,32). The summed E-state index contributed by atoms with van der Waals surface area (Å²) in [5.41, 5.74) is 11.1. The Morgan fingerprint density at radius 2 is 2.12 bits per heavy atom. The van der Waals surface area contributed by atoms with Gasteiger partial charge in [0.25, 0.3) is 5.91 Å². The number of carbonyl (C=O) groups excluding carboxylic acids is 1. The number of nitrogens with two attached hydrogens (primary N) is 1. The zero-order valence-corrected chi connectivity index (χ0v) is 17.3. The average molecular weight is 428 g/mol. The van der Waals surface area contributed by atoms with E-state index < -0.39 is 11.7 Å². The average Bonchev–Trinajstić information content (AvgIpc) is 3.16. The molecule has 3 aromatic carbocycles. The molecule has 2 heterocycles. The van der Waals surface area contributed by atoms with Crippen LogP contribution in [-0.4, -0.2) is 34.0 Å². The van der Waals surface area contributed by atoms with E-state index in [4.69, 9.17) is 5.73 Å². The van der Waals surface area contributed by atoms with Gasteiger partial charge in [0.15, 0.2) is 6.19 Å². The highest BCUT2D eigenvalue weighted by Crippen LogP contribution is 2.41. The van der Waals surface area contributed by atoms with Crippen LogP contribution in [0.1, 0.15) is 27.0 Å². The van der Waals surface area contributed by atoms with Crippen molar-refractivity contribution in [3.63, 3.8) is 0 Å². The Morgan fingerprint density at radius 3 is 2.88 bits per heavy atom. The Bertz CT molecular complexity index is 1430. The second kappa shape index (κ2) is 7.66. The second-order valence-electron chi connectivity index (χ2n) is 8.09. The van der Waals surface area contributed by atoms with Crippen LogP contribution >= 0.6 is 0 Å². The molecule has 6 nitrogen and oxygen atoms in total. The first-order chi connectivity index (χ1) is 15.5. The van der Waals surface area contributed by atoms with E-state index in [1.807, 2.05) is 36.4 Å². The highest BCUT2D eigenvalue weighted by molar-refractivity contribution is 6.20. The SMILES string of the molecule is N#CN1CCc2c(cccc2-c2c(F)cc(C(N)=O)c3[nH]c4cc(CCO)ccc4c23)C1. The van der Waals surface area contributed by atoms with E-state index >= 15 is 4.39 Å². The number of aromatic nitrogens is 1. The molecule has 0 atom stereocenters. The number of aromatic amines is 1. The van der Waals surface area contributed by atoms with E-state index in [1.54, 1.807) is 4.90 Å². The Kier molecular flexibility index (Phi) is 4.80. The summed E-state index contributed by atoms with van der Waals surface area (Å²) in [7, 11) is 0. The lowest BCUT2D eigenvalue weighted by molar-refractivity contribution is 0.100. The van der Waals surface area contributed by atoms with Crippen LogP contribution in [0, 0.1) is 17.3 Å². The highest BCUT2D eigenvalue weighted by Gasteiger charge is 2.25. The number of hydrogen-bond acceptors (Lipinski definition) is 4. The van der Waals surface area contributed by atoms with Crippen molar-refractivity contribution in [3.05, 3.63) is 70.5 Å². The van der Waals surface area contributed by atoms with Crippen molar-refractivity contribution in [1.29, 1.82) is 5.26 Å². The molecule has 0 spiro atoms. The molecule has 0 saturated carbocycles. The third-order valence-electron chi connectivity index (χ3n) is 6.23. The van der Waals surface area contributed by atoms with Crippen LogP contribution < -0.4 is 5.73 Å². The number of aliphatic hydroxyl groups excluding tert-OH is 1. The van der Waals surface area contributed by atoms with Gasteiger partial charge in [-0.25, -0.2) is 4.39 Å². The van der Waals surface area contributed by atoms with E-state index in [2.05, 4.69) is 11.2 Å². The summed E-state index contributed by atoms with van der Waals surface area (Å²) in [5.74, 6) is -1.22. The smallest absolute Gasteiger partial charge is 0.250 e. The number of primary amides is 1. The number of nitrogens with one attached hydrogen (secondary N) is 1. The molecule has 0 radical (unpaired) electrons. The summed E-state index contributed by atoms with van der Waals surface area (Å²) in [6, 6.07) is 12.6. The van der Waals surface area contributed by atoms with Crippen LogP contribution in [0.2, 0.25) is 0 Å². The van der Waals surface area contributed by atoms with Crippen molar-refractivity contribution in [2.24, 2.45) is 5.73 Å². The molecule has 0 saturated heterocycles. The zero-order valence-electron chi connectivity index (χ0n) is 17.3. The van der Waals surface area contributed by atoms with Gasteiger partial charge in [0.1, 0.15) is 5.82 Å². The van der Waals surface area contributed by atoms with E-state index in [-0.39, 0.29) is 12.2 Å². The predicted octanol–water partition coefficient (Wildman–Crippen LogP) is 3.60. The van der Waals surface area contributed by atoms with Crippen LogP contribution in [0.25, 0.3) is 32.9 Å². The Morgan fingerprint density at radius 1 is 1.28 bits per heavy atom. The van der Waals surface area contributed by atoms with Crippen LogP contribution in [-0.2, 0) is 19.4 Å². The minimum Gasteiger partial charge on any atom is -0.396 e. The molecule has 32 heavy (non-hydrogen) atoms.